The minimum Gasteiger partial charge on any atom is -0.497 e. The monoisotopic (exact) mass is 671 g/mol. The standard InChI is InChI=1S/C28H40N2O.C5H9NO.C3H8.C2H8N2OS/c1-6-11-26(22-12-9-8-10-13-22)28-27-15-14-25(31-5)18-23(27)17-24(29)19-30(28)21(4)16-20(3)7-2;1-4-3-7-5(1)2-6-4;1-3-2;1-4(2)6(3)5/h6-7,11,14-16,18,20,22,24H,2,8-10,12-13,17,19,29H2,1,3-5H3;4-6H,1-3H2;3H2,1-2H3;3H2,1-2H3/b11-6+,21-16+,28-26+;;;/t;4-,5-;;/m.0../s1. The van der Waals surface area contributed by atoms with Gasteiger partial charge in [-0.1, -0.05) is 70.8 Å². The van der Waals surface area contributed by atoms with Gasteiger partial charge in [-0.05, 0) is 80.7 Å². The van der Waals surface area contributed by atoms with E-state index in [0.29, 0.717) is 24.0 Å². The molecule has 3 fully saturated rings. The van der Waals surface area contributed by atoms with Crippen LogP contribution in [0.1, 0.15) is 90.7 Å². The van der Waals surface area contributed by atoms with Crippen LogP contribution in [0.2, 0.25) is 0 Å². The Bertz CT molecular complexity index is 1190. The highest BCUT2D eigenvalue weighted by molar-refractivity contribution is 7.80. The first-order valence-electron chi connectivity index (χ1n) is 17.6. The Labute approximate surface area is 289 Å². The third kappa shape index (κ3) is 13.3. The fourth-order valence-electron chi connectivity index (χ4n) is 6.38. The maximum atomic E-state index is 9.96. The van der Waals surface area contributed by atoms with Gasteiger partial charge in [-0.25, -0.2) is 13.7 Å². The van der Waals surface area contributed by atoms with Crippen LogP contribution >= 0.6 is 0 Å². The lowest BCUT2D eigenvalue weighted by atomic mass is 9.81. The van der Waals surface area contributed by atoms with Gasteiger partial charge in [0.05, 0.1) is 25.5 Å². The molecule has 0 aromatic heterocycles. The van der Waals surface area contributed by atoms with Gasteiger partial charge in [-0.2, -0.15) is 0 Å². The summed E-state index contributed by atoms with van der Waals surface area (Å²) in [6.07, 6.45) is 19.3. The van der Waals surface area contributed by atoms with Crippen LogP contribution in [-0.4, -0.2) is 72.5 Å². The molecular weight excluding hydrogens is 607 g/mol. The molecule has 5 atom stereocenters. The first-order chi connectivity index (χ1) is 22.5. The molecule has 5 rings (SSSR count). The summed E-state index contributed by atoms with van der Waals surface area (Å²) in [6, 6.07) is 7.27. The smallest absolute Gasteiger partial charge is 0.166 e. The van der Waals surface area contributed by atoms with E-state index in [1.54, 1.807) is 21.2 Å². The molecular formula is C38H65N5O3S. The molecule has 1 aromatic carbocycles. The second kappa shape index (κ2) is 21.6. The van der Waals surface area contributed by atoms with E-state index in [1.165, 1.54) is 77.3 Å². The van der Waals surface area contributed by atoms with Crippen LogP contribution in [0, 0.1) is 11.8 Å². The third-order valence-corrected chi connectivity index (χ3v) is 9.50. The number of methoxy groups -OCH3 is 1. The number of nitrogens with one attached hydrogen (secondary N) is 1. The predicted octanol–water partition coefficient (Wildman–Crippen LogP) is 6.72. The van der Waals surface area contributed by atoms with Gasteiger partial charge in [0, 0.05) is 50.5 Å². The molecule has 5 N–H and O–H groups in total. The van der Waals surface area contributed by atoms with Crippen molar-refractivity contribution >= 4 is 16.9 Å². The van der Waals surface area contributed by atoms with Crippen LogP contribution < -0.4 is 20.9 Å². The molecule has 8 nitrogen and oxygen atoms in total. The van der Waals surface area contributed by atoms with Crippen molar-refractivity contribution in [2.24, 2.45) is 22.7 Å². The Balaban J connectivity index is 0.000000389. The largest absolute Gasteiger partial charge is 0.497 e. The van der Waals surface area contributed by atoms with E-state index in [2.05, 4.69) is 87.8 Å². The quantitative estimate of drug-likeness (QED) is 0.278. The van der Waals surface area contributed by atoms with Gasteiger partial charge in [0.15, 0.2) is 11.2 Å². The number of ether oxygens (including phenoxy) is 2. The number of hydrogen-bond donors (Lipinski definition) is 3. The van der Waals surface area contributed by atoms with Crippen molar-refractivity contribution in [3.8, 4) is 5.75 Å². The number of nitrogens with zero attached hydrogens (tertiary/aromatic N) is 2. The van der Waals surface area contributed by atoms with Gasteiger partial charge in [0.2, 0.25) is 0 Å². The van der Waals surface area contributed by atoms with Crippen molar-refractivity contribution in [2.75, 3.05) is 40.9 Å². The van der Waals surface area contributed by atoms with Crippen LogP contribution in [0.25, 0.3) is 5.70 Å². The second-order valence-electron chi connectivity index (χ2n) is 13.2. The molecule has 1 aromatic rings. The molecule has 0 spiro atoms. The Morgan fingerprint density at radius 3 is 2.36 bits per heavy atom. The third-order valence-electron chi connectivity index (χ3n) is 8.78. The first kappa shape index (κ1) is 40.9. The van der Waals surface area contributed by atoms with Gasteiger partial charge in [-0.15, -0.1) is 6.58 Å². The average molecular weight is 672 g/mol. The fourth-order valence-corrected chi connectivity index (χ4v) is 6.38. The minimum absolute atomic E-state index is 0.0592. The Morgan fingerprint density at radius 2 is 1.91 bits per heavy atom. The molecule has 1 saturated carbocycles. The SMILES string of the molecule is C1O[C@@H]2CN[C@H]1C2.C=CC(C)/C=C(\C)N1CC(N)Cc2cc(OC)ccc2/C1=C(/C=C/C)C1CCCCC1.CCC.CN(C)S(N)=O. The topological polar surface area (TPSA) is 106 Å². The van der Waals surface area contributed by atoms with E-state index in [0.717, 1.165) is 31.9 Å². The molecule has 0 amide bonds. The van der Waals surface area contributed by atoms with Gasteiger partial charge >= 0.3 is 0 Å². The number of fused-ring (bicyclic) bond motifs is 3. The summed E-state index contributed by atoms with van der Waals surface area (Å²) in [5.41, 5.74) is 13.3. The minimum atomic E-state index is -1.28. The van der Waals surface area contributed by atoms with Crippen molar-refractivity contribution in [3.63, 3.8) is 0 Å². The Kier molecular flexibility index (Phi) is 18.8. The number of rotatable bonds is 7. The highest BCUT2D eigenvalue weighted by Crippen LogP contribution is 2.41. The van der Waals surface area contributed by atoms with Crippen LogP contribution in [0.5, 0.6) is 5.75 Å². The highest BCUT2D eigenvalue weighted by Gasteiger charge is 2.31. The summed E-state index contributed by atoms with van der Waals surface area (Å²) in [4.78, 5) is 2.48. The molecule has 266 valence electrons. The van der Waals surface area contributed by atoms with Gasteiger partial charge in [0.25, 0.3) is 0 Å². The summed E-state index contributed by atoms with van der Waals surface area (Å²) >= 11 is -1.28. The summed E-state index contributed by atoms with van der Waals surface area (Å²) < 4.78 is 22.2. The molecule has 3 unspecified atom stereocenters. The molecule has 3 heterocycles. The number of hydrogen-bond acceptors (Lipinski definition) is 6. The van der Waals surface area contributed by atoms with E-state index in [-0.39, 0.29) is 6.04 Å². The van der Waals surface area contributed by atoms with Gasteiger partial charge in [-0.3, -0.25) is 0 Å². The zero-order valence-electron chi connectivity index (χ0n) is 30.6. The van der Waals surface area contributed by atoms with Crippen LogP contribution in [0.4, 0.5) is 0 Å². The summed E-state index contributed by atoms with van der Waals surface area (Å²) in [7, 11) is 5.03. The maximum absolute atomic E-state index is 9.96. The van der Waals surface area contributed by atoms with Crippen LogP contribution in [0.3, 0.4) is 0 Å². The lowest BCUT2D eigenvalue weighted by Crippen LogP contribution is -2.35. The normalized spacial score (nSPS) is 24.9. The molecule has 0 radical (unpaired) electrons. The van der Waals surface area contributed by atoms with Gasteiger partial charge < -0.3 is 25.4 Å². The van der Waals surface area contributed by atoms with E-state index >= 15 is 0 Å². The van der Waals surface area contributed by atoms with E-state index < -0.39 is 11.2 Å². The molecule has 4 aliphatic rings. The average Bonchev–Trinajstić information content (AvgIpc) is 3.69. The molecule has 2 bridgehead atoms. The molecule has 47 heavy (non-hydrogen) atoms. The summed E-state index contributed by atoms with van der Waals surface area (Å²) in [5.74, 6) is 1.81. The predicted molar refractivity (Wildman–Crippen MR) is 201 cm³/mol. The first-order valence-corrected chi connectivity index (χ1v) is 18.7. The fraction of sp³-hybridized carbons (Fsp3) is 0.632. The summed E-state index contributed by atoms with van der Waals surface area (Å²) in [5, 5.41) is 8.16. The van der Waals surface area contributed by atoms with Crippen molar-refractivity contribution in [1.82, 2.24) is 14.5 Å². The van der Waals surface area contributed by atoms with Crippen LogP contribution in [0.15, 0.2) is 60.4 Å². The van der Waals surface area contributed by atoms with E-state index in [4.69, 9.17) is 20.3 Å². The zero-order chi connectivity index (χ0) is 34.9. The van der Waals surface area contributed by atoms with Gasteiger partial charge in [0.1, 0.15) is 5.75 Å². The van der Waals surface area contributed by atoms with Crippen LogP contribution in [-0.2, 0) is 22.3 Å². The Morgan fingerprint density at radius 1 is 1.26 bits per heavy atom. The molecule has 1 aliphatic carbocycles. The van der Waals surface area contributed by atoms with Crippen molar-refractivity contribution in [1.29, 1.82) is 0 Å². The van der Waals surface area contributed by atoms with Crippen molar-refractivity contribution < 1.29 is 13.7 Å². The van der Waals surface area contributed by atoms with E-state index in [9.17, 15) is 4.21 Å². The van der Waals surface area contributed by atoms with Crippen molar-refractivity contribution in [3.05, 3.63) is 71.5 Å². The molecule has 3 aliphatic heterocycles. The molecule has 9 heteroatoms. The number of allylic oxidation sites excluding steroid dienone is 6. The Hall–Kier alpha value is -2.27. The highest BCUT2D eigenvalue weighted by atomic mass is 32.2. The van der Waals surface area contributed by atoms with Crippen molar-refractivity contribution in [2.45, 2.75) is 104 Å². The number of nitrogens with two attached hydrogens (primary N) is 2. The second-order valence-corrected chi connectivity index (χ2v) is 14.5. The summed E-state index contributed by atoms with van der Waals surface area (Å²) in [6.45, 7) is 17.6. The number of morpholine rings is 1. The molecule has 2 saturated heterocycles. The maximum Gasteiger partial charge on any atom is 0.166 e. The lowest BCUT2D eigenvalue weighted by Gasteiger charge is -2.34. The van der Waals surface area contributed by atoms with E-state index in [1.807, 2.05) is 6.08 Å². The zero-order valence-corrected chi connectivity index (χ0v) is 31.4. The lowest BCUT2D eigenvalue weighted by molar-refractivity contribution is 0.0892. The number of benzene rings is 1.